The zero-order valence-corrected chi connectivity index (χ0v) is 9.65. The van der Waals surface area contributed by atoms with E-state index in [9.17, 15) is 0 Å². The number of rotatable bonds is 3. The minimum Gasteiger partial charge on any atom is -0.469 e. The summed E-state index contributed by atoms with van der Waals surface area (Å²) in [6.45, 7) is 0. The smallest absolute Gasteiger partial charge is 0.105 e. The number of pyridine rings is 1. The van der Waals surface area contributed by atoms with Gasteiger partial charge >= 0.3 is 0 Å². The highest BCUT2D eigenvalue weighted by atomic mass is 79.9. The quantitative estimate of drug-likeness (QED) is 0.930. The van der Waals surface area contributed by atoms with Gasteiger partial charge in [0.1, 0.15) is 5.76 Å². The maximum absolute atomic E-state index is 6.03. The molecule has 4 heteroatoms. The number of hydrogen-bond acceptors (Lipinski definition) is 3. The molecule has 2 aromatic heterocycles. The van der Waals surface area contributed by atoms with Crippen molar-refractivity contribution in [3.63, 3.8) is 0 Å². The Kier molecular flexibility index (Phi) is 3.18. The Balaban J connectivity index is 2.15. The van der Waals surface area contributed by atoms with Gasteiger partial charge in [0.25, 0.3) is 0 Å². The van der Waals surface area contributed by atoms with Crippen LogP contribution in [0.4, 0.5) is 0 Å². The summed E-state index contributed by atoms with van der Waals surface area (Å²) in [7, 11) is 0. The Hall–Kier alpha value is -1.13. The predicted molar refractivity (Wildman–Crippen MR) is 61.3 cm³/mol. The normalized spacial score (nSPS) is 12.7. The first-order valence-corrected chi connectivity index (χ1v) is 5.45. The van der Waals surface area contributed by atoms with Gasteiger partial charge in [0.05, 0.1) is 18.0 Å². The molecule has 1 unspecified atom stereocenters. The van der Waals surface area contributed by atoms with E-state index in [1.54, 1.807) is 12.5 Å². The van der Waals surface area contributed by atoms with Gasteiger partial charge in [-0.2, -0.15) is 0 Å². The maximum Gasteiger partial charge on any atom is 0.105 e. The Labute approximate surface area is 96.4 Å². The Morgan fingerprint density at radius 1 is 1.40 bits per heavy atom. The highest BCUT2D eigenvalue weighted by Crippen LogP contribution is 2.21. The fourth-order valence-corrected chi connectivity index (χ4v) is 1.96. The third-order valence-corrected chi connectivity index (χ3v) is 2.81. The lowest BCUT2D eigenvalue weighted by Gasteiger charge is -2.10. The van der Waals surface area contributed by atoms with Crippen molar-refractivity contribution >= 4 is 15.9 Å². The first-order chi connectivity index (χ1) is 7.27. The lowest BCUT2D eigenvalue weighted by atomic mass is 10.1. The van der Waals surface area contributed by atoms with Gasteiger partial charge in [-0.15, -0.1) is 0 Å². The molecule has 0 aliphatic rings. The molecule has 0 bridgehead atoms. The average molecular weight is 267 g/mol. The molecule has 0 saturated heterocycles. The minimum atomic E-state index is -0.147. The molecule has 0 radical (unpaired) electrons. The van der Waals surface area contributed by atoms with Gasteiger partial charge in [0.15, 0.2) is 0 Å². The largest absolute Gasteiger partial charge is 0.469 e. The molecule has 1 atom stereocenters. The van der Waals surface area contributed by atoms with E-state index in [1.807, 2.05) is 24.3 Å². The van der Waals surface area contributed by atoms with Crippen LogP contribution in [0.2, 0.25) is 0 Å². The number of hydrogen-bond donors (Lipinski definition) is 1. The summed E-state index contributed by atoms with van der Waals surface area (Å²) in [5, 5.41) is 0. The van der Waals surface area contributed by atoms with Crippen molar-refractivity contribution in [1.29, 1.82) is 0 Å². The molecule has 0 fully saturated rings. The van der Waals surface area contributed by atoms with Crippen LogP contribution in [0.5, 0.6) is 0 Å². The van der Waals surface area contributed by atoms with Crippen LogP contribution in [0.25, 0.3) is 0 Å². The van der Waals surface area contributed by atoms with Crippen molar-refractivity contribution in [3.8, 4) is 0 Å². The van der Waals surface area contributed by atoms with Crippen molar-refractivity contribution < 1.29 is 4.42 Å². The van der Waals surface area contributed by atoms with Crippen molar-refractivity contribution in [3.05, 3.63) is 52.7 Å². The highest BCUT2D eigenvalue weighted by molar-refractivity contribution is 9.10. The molecule has 15 heavy (non-hydrogen) atoms. The zero-order valence-electron chi connectivity index (χ0n) is 8.06. The van der Waals surface area contributed by atoms with Crippen LogP contribution in [-0.2, 0) is 6.42 Å². The van der Waals surface area contributed by atoms with E-state index in [-0.39, 0.29) is 6.04 Å². The van der Waals surface area contributed by atoms with Crippen molar-refractivity contribution in [2.75, 3.05) is 0 Å². The Morgan fingerprint density at radius 2 is 2.27 bits per heavy atom. The number of halogens is 1. The second kappa shape index (κ2) is 4.59. The Bertz CT molecular complexity index is 428. The molecule has 0 saturated carbocycles. The van der Waals surface area contributed by atoms with E-state index >= 15 is 0 Å². The molecule has 2 rings (SSSR count). The summed E-state index contributed by atoms with van der Waals surface area (Å²) >= 11 is 3.43. The average Bonchev–Trinajstić information content (AvgIpc) is 2.71. The molecule has 2 heterocycles. The summed E-state index contributed by atoms with van der Waals surface area (Å²) in [5.41, 5.74) is 6.89. The summed E-state index contributed by atoms with van der Waals surface area (Å²) in [5.74, 6) is 0.875. The van der Waals surface area contributed by atoms with Gasteiger partial charge in [0, 0.05) is 17.1 Å². The van der Waals surface area contributed by atoms with Crippen LogP contribution in [0.15, 0.2) is 45.6 Å². The van der Waals surface area contributed by atoms with Crippen LogP contribution in [0, 0.1) is 0 Å². The van der Waals surface area contributed by atoms with Gasteiger partial charge in [-0.3, -0.25) is 4.98 Å². The second-order valence-corrected chi connectivity index (χ2v) is 4.11. The third-order valence-electron chi connectivity index (χ3n) is 2.14. The lowest BCUT2D eigenvalue weighted by Crippen LogP contribution is -2.15. The van der Waals surface area contributed by atoms with Crippen molar-refractivity contribution in [2.45, 2.75) is 12.5 Å². The van der Waals surface area contributed by atoms with Crippen molar-refractivity contribution in [2.24, 2.45) is 5.73 Å². The summed E-state index contributed by atoms with van der Waals surface area (Å²) in [6, 6.07) is 7.43. The van der Waals surface area contributed by atoms with E-state index in [0.29, 0.717) is 6.42 Å². The van der Waals surface area contributed by atoms with E-state index in [4.69, 9.17) is 10.2 Å². The standard InChI is InChI=1S/C11H11BrN2O/c12-9-4-1-5-14-11(9)10(13)7-8-3-2-6-15-8/h1-6,10H,7,13H2. The summed E-state index contributed by atoms with van der Waals surface area (Å²) in [4.78, 5) is 4.25. The second-order valence-electron chi connectivity index (χ2n) is 3.26. The number of nitrogens with two attached hydrogens (primary N) is 1. The van der Waals surface area contributed by atoms with E-state index < -0.39 is 0 Å². The van der Waals surface area contributed by atoms with Crippen molar-refractivity contribution in [1.82, 2.24) is 4.98 Å². The molecule has 0 aromatic carbocycles. The highest BCUT2D eigenvalue weighted by Gasteiger charge is 2.12. The van der Waals surface area contributed by atoms with Gasteiger partial charge in [-0.05, 0) is 40.2 Å². The van der Waals surface area contributed by atoms with Gasteiger partial charge in [0.2, 0.25) is 0 Å². The molecule has 0 aliphatic heterocycles. The Morgan fingerprint density at radius 3 is 2.93 bits per heavy atom. The van der Waals surface area contributed by atoms with Crippen LogP contribution in [0.3, 0.4) is 0 Å². The zero-order chi connectivity index (χ0) is 10.7. The number of aromatic nitrogens is 1. The van der Waals surface area contributed by atoms with E-state index in [1.165, 1.54) is 0 Å². The van der Waals surface area contributed by atoms with Crippen LogP contribution in [-0.4, -0.2) is 4.98 Å². The molecule has 2 N–H and O–H groups in total. The molecule has 0 spiro atoms. The van der Waals surface area contributed by atoms with Crippen LogP contribution >= 0.6 is 15.9 Å². The molecule has 2 aromatic rings. The molecule has 78 valence electrons. The molecule has 3 nitrogen and oxygen atoms in total. The van der Waals surface area contributed by atoms with Crippen LogP contribution in [0.1, 0.15) is 17.5 Å². The van der Waals surface area contributed by atoms with E-state index in [0.717, 1.165) is 15.9 Å². The fourth-order valence-electron chi connectivity index (χ4n) is 1.41. The number of furan rings is 1. The monoisotopic (exact) mass is 266 g/mol. The molecular formula is C11H11BrN2O. The van der Waals surface area contributed by atoms with Gasteiger partial charge in [-0.25, -0.2) is 0 Å². The van der Waals surface area contributed by atoms with Gasteiger partial charge in [-0.1, -0.05) is 0 Å². The fraction of sp³-hybridized carbons (Fsp3) is 0.182. The minimum absolute atomic E-state index is 0.147. The lowest BCUT2D eigenvalue weighted by molar-refractivity contribution is 0.485. The first-order valence-electron chi connectivity index (χ1n) is 4.66. The maximum atomic E-state index is 6.03. The molecular weight excluding hydrogens is 256 g/mol. The molecule has 0 aliphatic carbocycles. The molecule has 0 amide bonds. The van der Waals surface area contributed by atoms with E-state index in [2.05, 4.69) is 20.9 Å². The first kappa shape index (κ1) is 10.4. The van der Waals surface area contributed by atoms with Gasteiger partial charge < -0.3 is 10.2 Å². The summed E-state index contributed by atoms with van der Waals surface area (Å²) < 4.78 is 6.18. The number of nitrogens with zero attached hydrogens (tertiary/aromatic N) is 1. The predicted octanol–water partition coefficient (Wildman–Crippen LogP) is 2.68. The summed E-state index contributed by atoms with van der Waals surface area (Å²) in [6.07, 6.45) is 4.04. The topological polar surface area (TPSA) is 52.0 Å². The van der Waals surface area contributed by atoms with Crippen LogP contribution < -0.4 is 5.73 Å². The SMILES string of the molecule is NC(Cc1ccco1)c1ncccc1Br. The third kappa shape index (κ3) is 2.46.